The number of anilines is 1. The molecule has 2 aromatic carbocycles. The molecule has 0 saturated heterocycles. The Morgan fingerprint density at radius 1 is 1.18 bits per heavy atom. The van der Waals surface area contributed by atoms with Crippen molar-refractivity contribution in [3.63, 3.8) is 0 Å². The summed E-state index contributed by atoms with van der Waals surface area (Å²) in [7, 11) is 0. The first-order valence-corrected chi connectivity index (χ1v) is 7.20. The molecule has 112 valence electrons. The van der Waals surface area contributed by atoms with E-state index in [9.17, 15) is 4.79 Å². The number of carbonyl (C=O) groups excluding carboxylic acids is 1. The maximum atomic E-state index is 11.8. The monoisotopic (exact) mass is 335 g/mol. The molecule has 1 heterocycles. The van der Waals surface area contributed by atoms with E-state index in [1.807, 2.05) is 30.3 Å². The fourth-order valence-corrected chi connectivity index (χ4v) is 2.24. The van der Waals surface area contributed by atoms with E-state index >= 15 is 0 Å². The Morgan fingerprint density at radius 2 is 1.91 bits per heavy atom. The molecule has 3 aromatic rings. The van der Waals surface area contributed by atoms with Crippen LogP contribution in [0.2, 0.25) is 10.0 Å². The van der Waals surface area contributed by atoms with E-state index < -0.39 is 6.09 Å². The van der Waals surface area contributed by atoms with Gasteiger partial charge in [0, 0.05) is 0 Å². The predicted molar refractivity (Wildman–Crippen MR) is 86.4 cm³/mol. The summed E-state index contributed by atoms with van der Waals surface area (Å²) >= 11 is 11.9. The minimum atomic E-state index is -0.597. The van der Waals surface area contributed by atoms with Crippen LogP contribution in [0, 0.1) is 0 Å². The van der Waals surface area contributed by atoms with Crippen LogP contribution in [0.3, 0.4) is 0 Å². The Hall–Kier alpha value is -2.24. The van der Waals surface area contributed by atoms with Crippen LogP contribution in [-0.2, 0) is 11.3 Å². The van der Waals surface area contributed by atoms with Gasteiger partial charge in [-0.1, -0.05) is 53.5 Å². The maximum absolute atomic E-state index is 11.8. The minimum absolute atomic E-state index is 0.185. The fraction of sp³-hybridized carbons (Fsp3) is 0.0667. The highest BCUT2D eigenvalue weighted by Crippen LogP contribution is 2.27. The normalized spacial score (nSPS) is 10.6. The number of nitrogens with one attached hydrogen (secondary N) is 2. The lowest BCUT2D eigenvalue weighted by atomic mass is 10.2. The fourth-order valence-electron chi connectivity index (χ4n) is 1.92. The SMILES string of the molecule is O=C(Nc1nc2cc(Cl)c(Cl)cc2[nH]1)OCc1ccccc1. The number of fused-ring (bicyclic) bond motifs is 1. The highest BCUT2D eigenvalue weighted by molar-refractivity contribution is 6.42. The third kappa shape index (κ3) is 3.32. The van der Waals surface area contributed by atoms with Gasteiger partial charge in [0.05, 0.1) is 21.1 Å². The average Bonchev–Trinajstić information content (AvgIpc) is 2.88. The molecule has 0 aliphatic carbocycles. The van der Waals surface area contributed by atoms with E-state index in [2.05, 4.69) is 15.3 Å². The van der Waals surface area contributed by atoms with Gasteiger partial charge in [-0.2, -0.15) is 0 Å². The minimum Gasteiger partial charge on any atom is -0.444 e. The van der Waals surface area contributed by atoms with Crippen LogP contribution in [-0.4, -0.2) is 16.1 Å². The second kappa shape index (κ2) is 6.25. The van der Waals surface area contributed by atoms with Crippen LogP contribution in [0.15, 0.2) is 42.5 Å². The summed E-state index contributed by atoms with van der Waals surface area (Å²) < 4.78 is 5.11. The molecular formula is C15H11Cl2N3O2. The average molecular weight is 336 g/mol. The zero-order valence-electron chi connectivity index (χ0n) is 11.3. The number of carbonyl (C=O) groups is 1. The van der Waals surface area contributed by atoms with E-state index in [-0.39, 0.29) is 12.6 Å². The van der Waals surface area contributed by atoms with E-state index in [1.54, 1.807) is 12.1 Å². The molecule has 0 bridgehead atoms. The molecule has 1 amide bonds. The number of amides is 1. The van der Waals surface area contributed by atoms with Gasteiger partial charge in [-0.25, -0.2) is 9.78 Å². The van der Waals surface area contributed by atoms with Crippen molar-refractivity contribution in [1.82, 2.24) is 9.97 Å². The Kier molecular flexibility index (Phi) is 4.18. The van der Waals surface area contributed by atoms with Gasteiger partial charge in [-0.3, -0.25) is 5.32 Å². The molecule has 3 rings (SSSR count). The van der Waals surface area contributed by atoms with Crippen molar-refractivity contribution in [1.29, 1.82) is 0 Å². The number of ether oxygens (including phenoxy) is 1. The van der Waals surface area contributed by atoms with E-state index in [0.717, 1.165) is 5.56 Å². The molecule has 0 spiro atoms. The van der Waals surface area contributed by atoms with Crippen LogP contribution in [0.4, 0.5) is 10.7 Å². The van der Waals surface area contributed by atoms with Crippen molar-refractivity contribution in [3.8, 4) is 0 Å². The quantitative estimate of drug-likeness (QED) is 0.733. The lowest BCUT2D eigenvalue weighted by Gasteiger charge is -2.04. The Morgan fingerprint density at radius 3 is 2.68 bits per heavy atom. The summed E-state index contributed by atoms with van der Waals surface area (Å²) in [5.74, 6) is 0.270. The number of hydrogen-bond donors (Lipinski definition) is 2. The molecule has 0 fully saturated rings. The smallest absolute Gasteiger partial charge is 0.414 e. The van der Waals surface area contributed by atoms with Crippen LogP contribution in [0.5, 0.6) is 0 Å². The summed E-state index contributed by atoms with van der Waals surface area (Å²) in [6.07, 6.45) is -0.597. The molecule has 2 N–H and O–H groups in total. The van der Waals surface area contributed by atoms with Gasteiger partial charge in [-0.05, 0) is 17.7 Å². The Balaban J connectivity index is 1.66. The van der Waals surface area contributed by atoms with Crippen molar-refractivity contribution in [2.24, 2.45) is 0 Å². The molecule has 7 heteroatoms. The molecular weight excluding hydrogens is 325 g/mol. The summed E-state index contributed by atoms with van der Waals surface area (Å²) in [4.78, 5) is 18.9. The van der Waals surface area contributed by atoms with E-state index in [1.165, 1.54) is 0 Å². The van der Waals surface area contributed by atoms with Gasteiger partial charge >= 0.3 is 6.09 Å². The lowest BCUT2D eigenvalue weighted by molar-refractivity contribution is 0.155. The molecule has 22 heavy (non-hydrogen) atoms. The van der Waals surface area contributed by atoms with Crippen LogP contribution >= 0.6 is 23.2 Å². The van der Waals surface area contributed by atoms with Crippen molar-refractivity contribution in [3.05, 3.63) is 58.1 Å². The first kappa shape index (κ1) is 14.7. The number of H-pyrrole nitrogens is 1. The number of aromatic amines is 1. The number of imidazole rings is 1. The molecule has 0 saturated carbocycles. The molecule has 0 radical (unpaired) electrons. The summed E-state index contributed by atoms with van der Waals surface area (Å²) in [5.41, 5.74) is 2.18. The standard InChI is InChI=1S/C15H11Cl2N3O2/c16-10-6-12-13(7-11(10)17)19-14(18-12)20-15(21)22-8-9-4-2-1-3-5-9/h1-7H,8H2,(H2,18,19,20,21). The third-order valence-electron chi connectivity index (χ3n) is 2.96. The summed E-state index contributed by atoms with van der Waals surface area (Å²) in [6.45, 7) is 0.185. The molecule has 5 nitrogen and oxygen atoms in total. The van der Waals surface area contributed by atoms with E-state index in [4.69, 9.17) is 27.9 Å². The number of hydrogen-bond acceptors (Lipinski definition) is 3. The molecule has 0 unspecified atom stereocenters. The zero-order valence-corrected chi connectivity index (χ0v) is 12.8. The molecule has 0 atom stereocenters. The van der Waals surface area contributed by atoms with Crippen molar-refractivity contribution in [2.75, 3.05) is 5.32 Å². The van der Waals surface area contributed by atoms with Gasteiger partial charge in [0.15, 0.2) is 0 Å². The topological polar surface area (TPSA) is 67.0 Å². The second-order valence-electron chi connectivity index (χ2n) is 4.56. The number of benzene rings is 2. The van der Waals surface area contributed by atoms with Crippen molar-refractivity contribution < 1.29 is 9.53 Å². The Labute approximate surface area is 136 Å². The number of halogens is 2. The van der Waals surface area contributed by atoms with Crippen LogP contribution < -0.4 is 5.32 Å². The van der Waals surface area contributed by atoms with Gasteiger partial charge in [-0.15, -0.1) is 0 Å². The number of nitrogens with zero attached hydrogens (tertiary/aromatic N) is 1. The van der Waals surface area contributed by atoms with E-state index in [0.29, 0.717) is 21.1 Å². The largest absolute Gasteiger partial charge is 0.444 e. The predicted octanol–water partition coefficient (Wildman–Crippen LogP) is 4.62. The Bertz CT molecular complexity index is 779. The van der Waals surface area contributed by atoms with Gasteiger partial charge in [0.2, 0.25) is 5.95 Å². The van der Waals surface area contributed by atoms with Crippen molar-refractivity contribution >= 4 is 46.3 Å². The highest BCUT2D eigenvalue weighted by atomic mass is 35.5. The first-order valence-electron chi connectivity index (χ1n) is 6.44. The maximum Gasteiger partial charge on any atom is 0.414 e. The molecule has 1 aromatic heterocycles. The van der Waals surface area contributed by atoms with Gasteiger partial charge in [0.1, 0.15) is 6.61 Å². The third-order valence-corrected chi connectivity index (χ3v) is 3.68. The number of aromatic nitrogens is 2. The van der Waals surface area contributed by atoms with Gasteiger partial charge < -0.3 is 9.72 Å². The second-order valence-corrected chi connectivity index (χ2v) is 5.37. The van der Waals surface area contributed by atoms with Gasteiger partial charge in [0.25, 0.3) is 0 Å². The van der Waals surface area contributed by atoms with Crippen LogP contribution in [0.1, 0.15) is 5.56 Å². The molecule has 0 aliphatic heterocycles. The summed E-state index contributed by atoms with van der Waals surface area (Å²) in [5, 5.41) is 3.34. The highest BCUT2D eigenvalue weighted by Gasteiger charge is 2.10. The first-order chi connectivity index (χ1) is 10.6. The van der Waals surface area contributed by atoms with Crippen LogP contribution in [0.25, 0.3) is 11.0 Å². The summed E-state index contributed by atoms with van der Waals surface area (Å²) in [6, 6.07) is 12.7. The zero-order chi connectivity index (χ0) is 15.5. The number of rotatable bonds is 3. The molecule has 0 aliphatic rings. The lowest BCUT2D eigenvalue weighted by Crippen LogP contribution is -2.14. The van der Waals surface area contributed by atoms with Crippen molar-refractivity contribution in [2.45, 2.75) is 6.61 Å².